The van der Waals surface area contributed by atoms with E-state index in [4.69, 9.17) is 9.40 Å². The molecule has 0 aliphatic heterocycles. The highest BCUT2D eigenvalue weighted by molar-refractivity contribution is 8.00. The number of hydrogen-bond acceptors (Lipinski definition) is 6. The number of aromatic nitrogens is 4. The molecular weight excluding hydrogens is 458 g/mol. The van der Waals surface area contributed by atoms with Crippen LogP contribution in [0.5, 0.6) is 0 Å². The smallest absolute Gasteiger partial charge is 0.233 e. The summed E-state index contributed by atoms with van der Waals surface area (Å²) in [4.78, 5) is 17.5. The van der Waals surface area contributed by atoms with Crippen molar-refractivity contribution in [3.63, 3.8) is 0 Å². The molecular formula is C27H25N5O2S. The summed E-state index contributed by atoms with van der Waals surface area (Å²) >= 11 is 1.39. The standard InChI is InChI=1S/C27H25N5O2S/c1-3-32-25(30-31-27(32)35-18(2)26(33)28-17-20-12-9-15-34-20)22-16-24(19-10-5-4-6-11-19)29-23-14-8-7-13-21(22)23/h4-16,18H,3,17H2,1-2H3,(H,28,33). The largest absolute Gasteiger partial charge is 0.467 e. The molecule has 5 aromatic rings. The highest BCUT2D eigenvalue weighted by Gasteiger charge is 2.22. The maximum absolute atomic E-state index is 12.7. The highest BCUT2D eigenvalue weighted by atomic mass is 32.2. The van der Waals surface area contributed by atoms with Gasteiger partial charge in [-0.25, -0.2) is 4.98 Å². The summed E-state index contributed by atoms with van der Waals surface area (Å²) in [6.45, 7) is 4.95. The third kappa shape index (κ3) is 4.83. The zero-order valence-electron chi connectivity index (χ0n) is 19.5. The Bertz CT molecular complexity index is 1450. The second-order valence-electron chi connectivity index (χ2n) is 8.05. The first-order valence-electron chi connectivity index (χ1n) is 11.5. The molecule has 1 N–H and O–H groups in total. The molecule has 0 spiro atoms. The number of carbonyl (C=O) groups is 1. The molecule has 1 atom stereocenters. The van der Waals surface area contributed by atoms with Gasteiger partial charge in [-0.2, -0.15) is 0 Å². The number of nitrogens with one attached hydrogen (secondary N) is 1. The number of amides is 1. The lowest BCUT2D eigenvalue weighted by atomic mass is 10.0. The van der Waals surface area contributed by atoms with Gasteiger partial charge in [-0.3, -0.25) is 4.79 Å². The van der Waals surface area contributed by atoms with Crippen LogP contribution in [0.3, 0.4) is 0 Å². The van der Waals surface area contributed by atoms with Crippen LogP contribution in [0.25, 0.3) is 33.5 Å². The molecule has 0 aliphatic carbocycles. The molecule has 1 unspecified atom stereocenters. The van der Waals surface area contributed by atoms with Crippen molar-refractivity contribution in [3.8, 4) is 22.6 Å². The molecule has 0 fully saturated rings. The Balaban J connectivity index is 1.46. The second-order valence-corrected chi connectivity index (χ2v) is 9.35. The number of nitrogens with zero attached hydrogens (tertiary/aromatic N) is 4. The van der Waals surface area contributed by atoms with E-state index in [1.165, 1.54) is 11.8 Å². The van der Waals surface area contributed by atoms with Gasteiger partial charge in [-0.15, -0.1) is 10.2 Å². The van der Waals surface area contributed by atoms with Crippen molar-refractivity contribution in [2.24, 2.45) is 0 Å². The lowest BCUT2D eigenvalue weighted by Crippen LogP contribution is -2.30. The molecule has 0 saturated heterocycles. The maximum atomic E-state index is 12.7. The summed E-state index contributed by atoms with van der Waals surface area (Å²) < 4.78 is 7.35. The minimum atomic E-state index is -0.346. The van der Waals surface area contributed by atoms with Crippen molar-refractivity contribution in [2.75, 3.05) is 0 Å². The first-order chi connectivity index (χ1) is 17.1. The molecule has 0 aliphatic rings. The summed E-state index contributed by atoms with van der Waals surface area (Å²) in [5.74, 6) is 1.39. The molecule has 3 aromatic heterocycles. The van der Waals surface area contributed by atoms with E-state index in [0.717, 1.165) is 33.5 Å². The molecule has 0 saturated carbocycles. The van der Waals surface area contributed by atoms with Crippen molar-refractivity contribution in [1.29, 1.82) is 0 Å². The fourth-order valence-corrected chi connectivity index (χ4v) is 4.86. The van der Waals surface area contributed by atoms with Crippen LogP contribution >= 0.6 is 11.8 Å². The molecule has 8 heteroatoms. The van der Waals surface area contributed by atoms with Gasteiger partial charge in [0.2, 0.25) is 5.91 Å². The second kappa shape index (κ2) is 10.1. The van der Waals surface area contributed by atoms with Gasteiger partial charge in [0.05, 0.1) is 29.3 Å². The molecule has 35 heavy (non-hydrogen) atoms. The molecule has 0 radical (unpaired) electrons. The predicted molar refractivity (Wildman–Crippen MR) is 138 cm³/mol. The van der Waals surface area contributed by atoms with Gasteiger partial charge >= 0.3 is 0 Å². The number of para-hydroxylation sites is 1. The van der Waals surface area contributed by atoms with Crippen LogP contribution in [0.2, 0.25) is 0 Å². The van der Waals surface area contributed by atoms with Gasteiger partial charge in [-0.05, 0) is 38.1 Å². The van der Waals surface area contributed by atoms with Crippen LogP contribution < -0.4 is 5.32 Å². The summed E-state index contributed by atoms with van der Waals surface area (Å²) in [6, 6.07) is 23.9. The van der Waals surface area contributed by atoms with E-state index in [-0.39, 0.29) is 11.2 Å². The number of rotatable bonds is 8. The summed E-state index contributed by atoms with van der Waals surface area (Å²) in [6.07, 6.45) is 1.59. The third-order valence-corrected chi connectivity index (χ3v) is 6.81. The number of furan rings is 1. The normalized spacial score (nSPS) is 12.1. The third-order valence-electron chi connectivity index (χ3n) is 5.73. The van der Waals surface area contributed by atoms with E-state index >= 15 is 0 Å². The van der Waals surface area contributed by atoms with Gasteiger partial charge in [0.1, 0.15) is 5.76 Å². The number of fused-ring (bicyclic) bond motifs is 1. The SMILES string of the molecule is CCn1c(SC(C)C(=O)NCc2ccco2)nnc1-c1cc(-c2ccccc2)nc2ccccc12. The lowest BCUT2D eigenvalue weighted by Gasteiger charge is -2.13. The van der Waals surface area contributed by atoms with E-state index in [9.17, 15) is 4.79 Å². The van der Waals surface area contributed by atoms with Crippen LogP contribution in [0, 0.1) is 0 Å². The van der Waals surface area contributed by atoms with Gasteiger partial charge in [0.15, 0.2) is 11.0 Å². The number of hydrogen-bond donors (Lipinski definition) is 1. The van der Waals surface area contributed by atoms with Gasteiger partial charge in [0.25, 0.3) is 0 Å². The number of benzene rings is 2. The first-order valence-corrected chi connectivity index (χ1v) is 12.4. The van der Waals surface area contributed by atoms with Crippen LogP contribution in [0.1, 0.15) is 19.6 Å². The zero-order chi connectivity index (χ0) is 24.2. The molecule has 1 amide bonds. The molecule has 0 bridgehead atoms. The Labute approximate surface area is 207 Å². The van der Waals surface area contributed by atoms with E-state index < -0.39 is 0 Å². The minimum absolute atomic E-state index is 0.0840. The molecule has 2 aromatic carbocycles. The van der Waals surface area contributed by atoms with Crippen molar-refractivity contribution >= 4 is 28.6 Å². The van der Waals surface area contributed by atoms with Crippen molar-refractivity contribution in [3.05, 3.63) is 84.8 Å². The summed E-state index contributed by atoms with van der Waals surface area (Å²) in [5, 5.41) is 13.3. The summed E-state index contributed by atoms with van der Waals surface area (Å²) in [5.41, 5.74) is 3.78. The van der Waals surface area contributed by atoms with Crippen molar-refractivity contribution in [1.82, 2.24) is 25.1 Å². The molecule has 7 nitrogen and oxygen atoms in total. The Hall–Kier alpha value is -3.91. The first kappa shape index (κ1) is 22.9. The van der Waals surface area contributed by atoms with Crippen molar-refractivity contribution in [2.45, 2.75) is 37.3 Å². The van der Waals surface area contributed by atoms with Gasteiger partial charge in [0, 0.05) is 23.1 Å². The monoisotopic (exact) mass is 483 g/mol. The number of pyridine rings is 1. The fourth-order valence-electron chi connectivity index (χ4n) is 3.92. The predicted octanol–water partition coefficient (Wildman–Crippen LogP) is 5.57. The average Bonchev–Trinajstić information content (AvgIpc) is 3.57. The van der Waals surface area contributed by atoms with Crippen molar-refractivity contribution < 1.29 is 9.21 Å². The van der Waals surface area contributed by atoms with Crippen LogP contribution in [-0.2, 0) is 17.9 Å². The average molecular weight is 484 g/mol. The molecule has 5 rings (SSSR count). The molecule has 3 heterocycles. The van der Waals surface area contributed by atoms with E-state index in [2.05, 4.69) is 51.3 Å². The minimum Gasteiger partial charge on any atom is -0.467 e. The summed E-state index contributed by atoms with van der Waals surface area (Å²) in [7, 11) is 0. The van der Waals surface area contributed by atoms with E-state index in [0.29, 0.717) is 24.0 Å². The Kier molecular flexibility index (Phi) is 6.63. The van der Waals surface area contributed by atoms with Crippen LogP contribution in [-0.4, -0.2) is 30.9 Å². The Morgan fingerprint density at radius 2 is 1.86 bits per heavy atom. The lowest BCUT2D eigenvalue weighted by molar-refractivity contribution is -0.120. The zero-order valence-corrected chi connectivity index (χ0v) is 20.3. The maximum Gasteiger partial charge on any atom is 0.233 e. The van der Waals surface area contributed by atoms with E-state index in [1.54, 1.807) is 12.3 Å². The topological polar surface area (TPSA) is 85.8 Å². The fraction of sp³-hybridized carbons (Fsp3) is 0.185. The quantitative estimate of drug-likeness (QED) is 0.290. The Morgan fingerprint density at radius 1 is 1.06 bits per heavy atom. The van der Waals surface area contributed by atoms with Crippen LogP contribution in [0.15, 0.2) is 88.6 Å². The van der Waals surface area contributed by atoms with Gasteiger partial charge in [-0.1, -0.05) is 60.3 Å². The van der Waals surface area contributed by atoms with Crippen LogP contribution in [0.4, 0.5) is 0 Å². The van der Waals surface area contributed by atoms with Gasteiger partial charge < -0.3 is 14.3 Å². The molecule has 176 valence electrons. The number of thioether (sulfide) groups is 1. The Morgan fingerprint density at radius 3 is 2.63 bits per heavy atom. The number of carbonyl (C=O) groups excluding carboxylic acids is 1. The highest BCUT2D eigenvalue weighted by Crippen LogP contribution is 2.33. The van der Waals surface area contributed by atoms with E-state index in [1.807, 2.05) is 49.4 Å².